The Bertz CT molecular complexity index is 778. The molecule has 0 fully saturated rings. The molecule has 2 aromatic carbocycles. The second-order valence-corrected chi connectivity index (χ2v) is 6.09. The standard InChI is InChI=1S/C17H14FNS/c18-16-6-2-4-12-14(9-19-10-15(12)16)13-5-1-3-11-7-8-20-17(11)13/h1-8,14,19H,9-10H2. The van der Waals surface area contributed by atoms with Gasteiger partial charge in [-0.25, -0.2) is 4.39 Å². The second-order valence-electron chi connectivity index (χ2n) is 5.18. The molecule has 0 saturated carbocycles. The molecule has 20 heavy (non-hydrogen) atoms. The Morgan fingerprint density at radius 2 is 1.90 bits per heavy atom. The first kappa shape index (κ1) is 12.1. The van der Waals surface area contributed by atoms with Gasteiger partial charge in [0.25, 0.3) is 0 Å². The molecule has 1 aromatic heterocycles. The molecule has 0 spiro atoms. The molecule has 3 aromatic rings. The first-order valence-electron chi connectivity index (χ1n) is 6.79. The van der Waals surface area contributed by atoms with Crippen molar-refractivity contribution in [2.75, 3.05) is 6.54 Å². The summed E-state index contributed by atoms with van der Waals surface area (Å²) in [6.07, 6.45) is 0. The number of benzene rings is 2. The third-order valence-corrected chi connectivity index (χ3v) is 5.04. The van der Waals surface area contributed by atoms with Crippen molar-refractivity contribution in [2.45, 2.75) is 12.5 Å². The predicted molar refractivity (Wildman–Crippen MR) is 81.8 cm³/mol. The Hall–Kier alpha value is -1.71. The van der Waals surface area contributed by atoms with Gasteiger partial charge in [0, 0.05) is 29.3 Å². The van der Waals surface area contributed by atoms with Gasteiger partial charge in [0.1, 0.15) is 5.82 Å². The Morgan fingerprint density at radius 3 is 2.85 bits per heavy atom. The lowest BCUT2D eigenvalue weighted by atomic mass is 9.85. The molecule has 0 bridgehead atoms. The maximum atomic E-state index is 14.0. The molecule has 3 heteroatoms. The van der Waals surface area contributed by atoms with Crippen LogP contribution in [0.4, 0.5) is 4.39 Å². The van der Waals surface area contributed by atoms with Crippen molar-refractivity contribution in [3.05, 3.63) is 70.4 Å². The molecule has 1 aliphatic heterocycles. The molecule has 4 rings (SSSR count). The molecular formula is C17H14FNS. The van der Waals surface area contributed by atoms with Crippen LogP contribution < -0.4 is 5.32 Å². The highest BCUT2D eigenvalue weighted by molar-refractivity contribution is 7.17. The van der Waals surface area contributed by atoms with E-state index < -0.39 is 0 Å². The lowest BCUT2D eigenvalue weighted by molar-refractivity contribution is 0.541. The van der Waals surface area contributed by atoms with E-state index in [1.54, 1.807) is 17.4 Å². The minimum atomic E-state index is -0.0990. The van der Waals surface area contributed by atoms with Crippen molar-refractivity contribution in [3.63, 3.8) is 0 Å². The van der Waals surface area contributed by atoms with Crippen LogP contribution in [0.15, 0.2) is 47.8 Å². The summed E-state index contributed by atoms with van der Waals surface area (Å²) >= 11 is 1.76. The Morgan fingerprint density at radius 1 is 1.05 bits per heavy atom. The fourth-order valence-corrected chi connectivity index (χ4v) is 4.08. The van der Waals surface area contributed by atoms with Gasteiger partial charge < -0.3 is 5.32 Å². The van der Waals surface area contributed by atoms with Crippen molar-refractivity contribution in [3.8, 4) is 0 Å². The molecule has 0 saturated heterocycles. The first-order valence-corrected chi connectivity index (χ1v) is 7.66. The van der Waals surface area contributed by atoms with E-state index >= 15 is 0 Å². The second kappa shape index (κ2) is 4.69. The Balaban J connectivity index is 1.93. The normalized spacial score (nSPS) is 18.1. The molecule has 1 aliphatic rings. The fourth-order valence-electron chi connectivity index (χ4n) is 3.11. The van der Waals surface area contributed by atoms with E-state index in [1.165, 1.54) is 15.6 Å². The molecule has 1 nitrogen and oxygen atoms in total. The number of hydrogen-bond donors (Lipinski definition) is 1. The highest BCUT2D eigenvalue weighted by Crippen LogP contribution is 2.36. The number of nitrogens with one attached hydrogen (secondary N) is 1. The van der Waals surface area contributed by atoms with Crippen LogP contribution in [-0.2, 0) is 6.54 Å². The van der Waals surface area contributed by atoms with Crippen molar-refractivity contribution in [1.82, 2.24) is 5.32 Å². The van der Waals surface area contributed by atoms with Gasteiger partial charge in [-0.15, -0.1) is 11.3 Å². The fraction of sp³-hybridized carbons (Fsp3) is 0.176. The molecule has 2 heterocycles. The maximum absolute atomic E-state index is 14.0. The monoisotopic (exact) mass is 283 g/mol. The quantitative estimate of drug-likeness (QED) is 0.703. The van der Waals surface area contributed by atoms with Crippen LogP contribution in [0.3, 0.4) is 0 Å². The topological polar surface area (TPSA) is 12.0 Å². The minimum Gasteiger partial charge on any atom is -0.312 e. The van der Waals surface area contributed by atoms with E-state index in [0.29, 0.717) is 6.54 Å². The summed E-state index contributed by atoms with van der Waals surface area (Å²) < 4.78 is 15.3. The third-order valence-electron chi connectivity index (χ3n) is 4.07. The van der Waals surface area contributed by atoms with Crippen LogP contribution in [0.1, 0.15) is 22.6 Å². The zero-order valence-electron chi connectivity index (χ0n) is 10.9. The van der Waals surface area contributed by atoms with Gasteiger partial charge >= 0.3 is 0 Å². The Kier molecular flexibility index (Phi) is 2.83. The summed E-state index contributed by atoms with van der Waals surface area (Å²) in [5.41, 5.74) is 3.25. The van der Waals surface area contributed by atoms with Crippen molar-refractivity contribution >= 4 is 21.4 Å². The lowest BCUT2D eigenvalue weighted by Gasteiger charge is -2.27. The zero-order valence-corrected chi connectivity index (χ0v) is 11.7. The molecule has 1 N–H and O–H groups in total. The minimum absolute atomic E-state index is 0.0990. The smallest absolute Gasteiger partial charge is 0.127 e. The highest BCUT2D eigenvalue weighted by atomic mass is 32.1. The molecule has 0 aliphatic carbocycles. The van der Waals surface area contributed by atoms with Crippen LogP contribution in [0.2, 0.25) is 0 Å². The molecular weight excluding hydrogens is 269 g/mol. The highest BCUT2D eigenvalue weighted by Gasteiger charge is 2.25. The van der Waals surface area contributed by atoms with E-state index in [2.05, 4.69) is 41.0 Å². The van der Waals surface area contributed by atoms with Crippen molar-refractivity contribution in [1.29, 1.82) is 0 Å². The molecule has 0 radical (unpaired) electrons. The summed E-state index contributed by atoms with van der Waals surface area (Å²) in [7, 11) is 0. The van der Waals surface area contributed by atoms with Crippen LogP contribution in [0.25, 0.3) is 10.1 Å². The van der Waals surface area contributed by atoms with Crippen LogP contribution in [0.5, 0.6) is 0 Å². The van der Waals surface area contributed by atoms with E-state index in [1.807, 2.05) is 6.07 Å². The summed E-state index contributed by atoms with van der Waals surface area (Å²) in [5, 5.41) is 6.75. The van der Waals surface area contributed by atoms with Crippen LogP contribution >= 0.6 is 11.3 Å². The molecule has 100 valence electrons. The van der Waals surface area contributed by atoms with E-state index in [4.69, 9.17) is 0 Å². The summed E-state index contributed by atoms with van der Waals surface area (Å²) in [6.45, 7) is 1.49. The van der Waals surface area contributed by atoms with Gasteiger partial charge in [-0.1, -0.05) is 30.3 Å². The number of halogens is 1. The van der Waals surface area contributed by atoms with Gasteiger partial charge in [0.05, 0.1) is 0 Å². The largest absolute Gasteiger partial charge is 0.312 e. The van der Waals surface area contributed by atoms with Gasteiger partial charge in [0.15, 0.2) is 0 Å². The number of rotatable bonds is 1. The van der Waals surface area contributed by atoms with Gasteiger partial charge in [-0.3, -0.25) is 0 Å². The SMILES string of the molecule is Fc1cccc2c1CNCC2c1cccc2ccsc12. The number of fused-ring (bicyclic) bond motifs is 2. The molecule has 1 atom stereocenters. The van der Waals surface area contributed by atoms with Crippen molar-refractivity contribution < 1.29 is 4.39 Å². The van der Waals surface area contributed by atoms with E-state index in [0.717, 1.165) is 17.7 Å². The summed E-state index contributed by atoms with van der Waals surface area (Å²) in [4.78, 5) is 0. The predicted octanol–water partition coefficient (Wildman–Crippen LogP) is 4.28. The van der Waals surface area contributed by atoms with Crippen molar-refractivity contribution in [2.24, 2.45) is 0 Å². The average molecular weight is 283 g/mol. The molecule has 1 unspecified atom stereocenters. The third kappa shape index (κ3) is 1.78. The van der Waals surface area contributed by atoms with Crippen LogP contribution in [-0.4, -0.2) is 6.54 Å². The number of hydrogen-bond acceptors (Lipinski definition) is 2. The number of thiophene rings is 1. The summed E-state index contributed by atoms with van der Waals surface area (Å²) in [6, 6.07) is 14.0. The van der Waals surface area contributed by atoms with Gasteiger partial charge in [0.2, 0.25) is 0 Å². The lowest BCUT2D eigenvalue weighted by Crippen LogP contribution is -2.29. The van der Waals surface area contributed by atoms with E-state index in [-0.39, 0.29) is 11.7 Å². The maximum Gasteiger partial charge on any atom is 0.127 e. The van der Waals surface area contributed by atoms with Gasteiger partial charge in [-0.05, 0) is 34.0 Å². The average Bonchev–Trinajstić information content (AvgIpc) is 2.96. The Labute approximate surface area is 121 Å². The zero-order chi connectivity index (χ0) is 13.5. The van der Waals surface area contributed by atoms with E-state index in [9.17, 15) is 4.39 Å². The first-order chi connectivity index (χ1) is 9.84. The van der Waals surface area contributed by atoms with Gasteiger partial charge in [-0.2, -0.15) is 0 Å². The van der Waals surface area contributed by atoms with Crippen LogP contribution in [0, 0.1) is 5.82 Å². The molecule has 0 amide bonds. The summed E-state index contributed by atoms with van der Waals surface area (Å²) in [5.74, 6) is 0.134.